The number of likely N-dealkylation sites (tertiary alicyclic amines) is 2. The van der Waals surface area contributed by atoms with Gasteiger partial charge in [0.2, 0.25) is 5.95 Å². The predicted molar refractivity (Wildman–Crippen MR) is 126 cm³/mol. The van der Waals surface area contributed by atoms with Gasteiger partial charge in [-0.1, -0.05) is 30.3 Å². The van der Waals surface area contributed by atoms with Gasteiger partial charge >= 0.3 is 6.09 Å². The van der Waals surface area contributed by atoms with Crippen LogP contribution in [-0.2, 0) is 9.47 Å². The fourth-order valence-electron chi connectivity index (χ4n) is 5.41. The molecule has 3 saturated heterocycles. The third-order valence-electron chi connectivity index (χ3n) is 7.23. The van der Waals surface area contributed by atoms with Crippen molar-refractivity contribution in [2.45, 2.75) is 25.0 Å². The molecule has 0 spiro atoms. The first kappa shape index (κ1) is 23.7. The number of benzene rings is 1. The average Bonchev–Trinajstić information content (AvgIpc) is 3.59. The number of alkyl carbamates (subject to hydrolysis) is 1. The molecular formula is C26H31FN4O4. The summed E-state index contributed by atoms with van der Waals surface area (Å²) in [5, 5.41) is 3.04. The maximum absolute atomic E-state index is 14.0. The van der Waals surface area contributed by atoms with Gasteiger partial charge in [-0.3, -0.25) is 4.79 Å². The fourth-order valence-corrected chi connectivity index (χ4v) is 5.41. The molecule has 0 bridgehead atoms. The molecule has 3 fully saturated rings. The molecule has 3 unspecified atom stereocenters. The second-order valence-electron chi connectivity index (χ2n) is 9.62. The van der Waals surface area contributed by atoms with Crippen LogP contribution in [0.1, 0.15) is 34.8 Å². The van der Waals surface area contributed by atoms with E-state index in [-0.39, 0.29) is 23.6 Å². The molecule has 0 saturated carbocycles. The summed E-state index contributed by atoms with van der Waals surface area (Å²) in [6.45, 7) is 4.93. The SMILES string of the molecule is O=C(NC(CCN1CC2CN(C(=O)c3cccnc3F)C[C@@H]2C1)c1ccccc1)OC1CCOC1. The number of fused-ring (bicyclic) bond motifs is 1. The zero-order chi connectivity index (χ0) is 24.2. The van der Waals surface area contributed by atoms with Gasteiger partial charge in [0, 0.05) is 45.3 Å². The normalized spacial score (nSPS) is 24.8. The van der Waals surface area contributed by atoms with Crippen LogP contribution in [0.25, 0.3) is 0 Å². The minimum Gasteiger partial charge on any atom is -0.444 e. The van der Waals surface area contributed by atoms with Crippen LogP contribution in [0.3, 0.4) is 0 Å². The summed E-state index contributed by atoms with van der Waals surface area (Å²) in [7, 11) is 0. The zero-order valence-corrected chi connectivity index (χ0v) is 19.6. The highest BCUT2D eigenvalue weighted by Crippen LogP contribution is 2.32. The van der Waals surface area contributed by atoms with Gasteiger partial charge in [0.1, 0.15) is 6.10 Å². The van der Waals surface area contributed by atoms with Crippen LogP contribution < -0.4 is 5.32 Å². The Balaban J connectivity index is 1.14. The molecule has 2 aromatic rings. The lowest BCUT2D eigenvalue weighted by molar-refractivity contribution is 0.0768. The minimum absolute atomic E-state index is 0.0390. The van der Waals surface area contributed by atoms with Crippen LogP contribution in [0.5, 0.6) is 0 Å². The highest BCUT2D eigenvalue weighted by Gasteiger charge is 2.42. The summed E-state index contributed by atoms with van der Waals surface area (Å²) in [6.07, 6.45) is 2.24. The Kier molecular flexibility index (Phi) is 7.24. The molecular weight excluding hydrogens is 451 g/mol. The molecule has 186 valence electrons. The molecule has 9 heteroatoms. The van der Waals surface area contributed by atoms with Gasteiger partial charge in [-0.2, -0.15) is 4.39 Å². The van der Waals surface area contributed by atoms with E-state index in [0.717, 1.165) is 38.0 Å². The van der Waals surface area contributed by atoms with Crippen molar-refractivity contribution in [1.29, 1.82) is 0 Å². The lowest BCUT2D eigenvalue weighted by Crippen LogP contribution is -2.36. The largest absolute Gasteiger partial charge is 0.444 e. The molecule has 1 aromatic heterocycles. The van der Waals surface area contributed by atoms with E-state index in [2.05, 4.69) is 15.2 Å². The van der Waals surface area contributed by atoms with E-state index in [4.69, 9.17) is 9.47 Å². The Labute approximate surface area is 204 Å². The molecule has 1 aromatic carbocycles. The second kappa shape index (κ2) is 10.7. The first-order valence-electron chi connectivity index (χ1n) is 12.3. The van der Waals surface area contributed by atoms with Crippen molar-refractivity contribution in [3.05, 3.63) is 65.7 Å². The predicted octanol–water partition coefficient (Wildman–Crippen LogP) is 2.87. The van der Waals surface area contributed by atoms with Gasteiger partial charge in [-0.05, 0) is 36.0 Å². The number of aromatic nitrogens is 1. The van der Waals surface area contributed by atoms with Crippen molar-refractivity contribution < 1.29 is 23.5 Å². The van der Waals surface area contributed by atoms with Gasteiger partial charge in [0.15, 0.2) is 0 Å². The number of halogens is 1. The van der Waals surface area contributed by atoms with E-state index in [1.807, 2.05) is 30.3 Å². The smallest absolute Gasteiger partial charge is 0.407 e. The van der Waals surface area contributed by atoms with Gasteiger partial charge in [0.25, 0.3) is 5.91 Å². The molecule has 3 aliphatic heterocycles. The summed E-state index contributed by atoms with van der Waals surface area (Å²) in [5.74, 6) is -0.256. The Hall–Kier alpha value is -3.04. The third-order valence-corrected chi connectivity index (χ3v) is 7.23. The lowest BCUT2D eigenvalue weighted by Gasteiger charge is -2.25. The van der Waals surface area contributed by atoms with Crippen LogP contribution in [-0.4, -0.2) is 78.8 Å². The Bertz CT molecular complexity index is 1020. The van der Waals surface area contributed by atoms with E-state index in [9.17, 15) is 14.0 Å². The van der Waals surface area contributed by atoms with E-state index in [1.54, 1.807) is 11.0 Å². The number of hydrogen-bond donors (Lipinski definition) is 1. The average molecular weight is 483 g/mol. The molecule has 3 aliphatic rings. The number of rotatable bonds is 7. The van der Waals surface area contributed by atoms with Crippen LogP contribution in [0.15, 0.2) is 48.7 Å². The number of nitrogens with one attached hydrogen (secondary N) is 1. The number of hydrogen-bond acceptors (Lipinski definition) is 6. The van der Waals surface area contributed by atoms with E-state index >= 15 is 0 Å². The van der Waals surface area contributed by atoms with Gasteiger partial charge in [-0.25, -0.2) is 9.78 Å². The summed E-state index contributed by atoms with van der Waals surface area (Å²) >= 11 is 0. The maximum Gasteiger partial charge on any atom is 0.407 e. The maximum atomic E-state index is 14.0. The number of carbonyl (C=O) groups excluding carboxylic acids is 2. The molecule has 0 radical (unpaired) electrons. The van der Waals surface area contributed by atoms with Crippen molar-refractivity contribution in [1.82, 2.24) is 20.1 Å². The lowest BCUT2D eigenvalue weighted by atomic mass is 10.0. The van der Waals surface area contributed by atoms with Crippen molar-refractivity contribution in [2.75, 3.05) is 45.9 Å². The molecule has 8 nitrogen and oxygen atoms in total. The number of amides is 2. The van der Waals surface area contributed by atoms with Crippen molar-refractivity contribution >= 4 is 12.0 Å². The van der Waals surface area contributed by atoms with Crippen molar-refractivity contribution in [3.63, 3.8) is 0 Å². The first-order chi connectivity index (χ1) is 17.1. The van der Waals surface area contributed by atoms with Gasteiger partial charge < -0.3 is 24.6 Å². The Morgan fingerprint density at radius 3 is 2.57 bits per heavy atom. The van der Waals surface area contributed by atoms with E-state index in [1.165, 1.54) is 12.3 Å². The molecule has 4 heterocycles. The molecule has 2 amide bonds. The highest BCUT2D eigenvalue weighted by atomic mass is 19.1. The number of nitrogens with zero attached hydrogens (tertiary/aromatic N) is 3. The Morgan fingerprint density at radius 2 is 1.89 bits per heavy atom. The topological polar surface area (TPSA) is 84.0 Å². The van der Waals surface area contributed by atoms with Gasteiger partial charge in [0.05, 0.1) is 24.8 Å². The first-order valence-corrected chi connectivity index (χ1v) is 12.3. The fraction of sp³-hybridized carbons (Fsp3) is 0.500. The monoisotopic (exact) mass is 482 g/mol. The van der Waals surface area contributed by atoms with Crippen LogP contribution in [0.2, 0.25) is 0 Å². The third kappa shape index (κ3) is 5.62. The minimum atomic E-state index is -0.713. The number of carbonyl (C=O) groups is 2. The van der Waals surface area contributed by atoms with E-state index in [0.29, 0.717) is 38.1 Å². The molecule has 35 heavy (non-hydrogen) atoms. The summed E-state index contributed by atoms with van der Waals surface area (Å²) in [6, 6.07) is 12.9. The van der Waals surface area contributed by atoms with Crippen LogP contribution in [0, 0.1) is 17.8 Å². The van der Waals surface area contributed by atoms with E-state index < -0.39 is 12.0 Å². The number of ether oxygens (including phenoxy) is 2. The molecule has 1 N–H and O–H groups in total. The zero-order valence-electron chi connectivity index (χ0n) is 19.6. The van der Waals surface area contributed by atoms with Crippen molar-refractivity contribution in [3.8, 4) is 0 Å². The summed E-state index contributed by atoms with van der Waals surface area (Å²) in [5.41, 5.74) is 1.08. The second-order valence-corrected chi connectivity index (χ2v) is 9.62. The quantitative estimate of drug-likeness (QED) is 0.611. The van der Waals surface area contributed by atoms with Crippen LogP contribution in [0.4, 0.5) is 9.18 Å². The van der Waals surface area contributed by atoms with Crippen molar-refractivity contribution in [2.24, 2.45) is 11.8 Å². The van der Waals surface area contributed by atoms with Crippen LogP contribution >= 0.6 is 0 Å². The molecule has 0 aliphatic carbocycles. The summed E-state index contributed by atoms with van der Waals surface area (Å²) < 4.78 is 24.8. The van der Waals surface area contributed by atoms with Gasteiger partial charge in [-0.15, -0.1) is 0 Å². The Morgan fingerprint density at radius 1 is 1.11 bits per heavy atom. The standard InChI is InChI=1S/C26H31FN4O4/c27-24-22(7-4-10-28-24)25(32)31-15-19-13-30(14-20(19)16-31)11-8-23(18-5-2-1-3-6-18)29-26(33)35-21-9-12-34-17-21/h1-7,10,19-21,23H,8-9,11-17H2,(H,29,33)/t19-,20?,21?,23?/m0/s1. The molecule has 4 atom stereocenters. The highest BCUT2D eigenvalue weighted by molar-refractivity contribution is 5.94. The number of pyridine rings is 1. The molecule has 5 rings (SSSR count). The summed E-state index contributed by atoms with van der Waals surface area (Å²) in [4.78, 5) is 33.0.